The molecule has 52 heavy (non-hydrogen) atoms. The van der Waals surface area contributed by atoms with Crippen LogP contribution in [0.15, 0.2) is 102 Å². The van der Waals surface area contributed by atoms with Crippen LogP contribution in [0.25, 0.3) is 49.9 Å². The fourth-order valence-corrected chi connectivity index (χ4v) is 6.53. The Morgan fingerprint density at radius 2 is 1.13 bits per heavy atom. The van der Waals surface area contributed by atoms with Crippen molar-refractivity contribution in [1.29, 1.82) is 0 Å². The van der Waals surface area contributed by atoms with Crippen LogP contribution < -0.4 is 10.2 Å². The number of aromatic hydroxyl groups is 8. The molecule has 0 aromatic heterocycles. The summed E-state index contributed by atoms with van der Waals surface area (Å²) in [6.07, 6.45) is 2.20. The van der Waals surface area contributed by atoms with Crippen molar-refractivity contribution < 1.29 is 60.9 Å². The average molecular weight is 700 g/mol. The average Bonchev–Trinajstić information content (AvgIpc) is 3.16. The van der Waals surface area contributed by atoms with Gasteiger partial charge in [-0.05, 0) is 62.4 Å². The molecule has 6 aromatic carbocycles. The third-order valence-electron chi connectivity index (χ3n) is 9.17. The zero-order valence-electron chi connectivity index (χ0n) is 27.1. The molecular weight excluding hydrogens is 671 g/mol. The lowest BCUT2D eigenvalue weighted by Crippen LogP contribution is -2.10. The summed E-state index contributed by atoms with van der Waals surface area (Å²) in [5, 5.41) is 119. The van der Waals surface area contributed by atoms with Gasteiger partial charge in [-0.2, -0.15) is 0 Å². The van der Waals surface area contributed by atoms with Gasteiger partial charge in [0.1, 0.15) is 19.3 Å². The molecule has 0 amide bonds. The molecule has 1 aliphatic heterocycles. The maximum absolute atomic E-state index is 11.6. The van der Waals surface area contributed by atoms with Gasteiger partial charge in [0.25, 0.3) is 0 Å². The van der Waals surface area contributed by atoms with E-state index in [9.17, 15) is 56.2 Å². The molecule has 0 saturated heterocycles. The number of benzene rings is 6. The molecule has 12 nitrogen and oxygen atoms in total. The van der Waals surface area contributed by atoms with Crippen LogP contribution in [0.5, 0.6) is 51.7 Å². The predicted octanol–water partition coefficient (Wildman–Crippen LogP) is 5.98. The highest BCUT2D eigenvalue weighted by Crippen LogP contribution is 2.54. The normalized spacial score (nSPS) is 13.4. The Morgan fingerprint density at radius 1 is 0.577 bits per heavy atom. The first-order valence-corrected chi connectivity index (χ1v) is 15.7. The molecule has 0 fully saturated rings. The quantitative estimate of drug-likeness (QED) is 0.0249. The first kappa shape index (κ1) is 33.2. The Bertz CT molecular complexity index is 2530. The number of phenolic OH excluding ortho intramolecular Hbond substituents is 8. The van der Waals surface area contributed by atoms with Crippen LogP contribution in [-0.4, -0.2) is 64.0 Å². The summed E-state index contributed by atoms with van der Waals surface area (Å²) in [6.45, 7) is 0. The van der Waals surface area contributed by atoms with Gasteiger partial charge in [-0.25, -0.2) is 0 Å². The van der Waals surface area contributed by atoms with Crippen LogP contribution in [0, 0.1) is 0 Å². The highest BCUT2D eigenvalue weighted by atomic mass is 16.5. The summed E-state index contributed by atoms with van der Waals surface area (Å²) >= 11 is 0. The van der Waals surface area contributed by atoms with E-state index in [1.165, 1.54) is 32.1 Å². The summed E-state index contributed by atoms with van der Waals surface area (Å²) in [7, 11) is 1.45. The van der Waals surface area contributed by atoms with Crippen molar-refractivity contribution in [2.45, 2.75) is 6.42 Å². The number of ether oxygens (including phenoxy) is 1. The number of fused-ring (bicyclic) bond motifs is 3. The SMILES string of the molecule is Bc1c(O)c(O)c(-c2c3ccccc3c(/C=C(O)/C(O)=C(/O)C3=CCc4c(O)c(O)c(O)c(O)c4O3)c3ccccc23)c(-c2ccc(O)cc2)c1O. The minimum absolute atomic E-state index is 0.0205. The molecule has 0 bridgehead atoms. The zero-order chi connectivity index (χ0) is 37.2. The van der Waals surface area contributed by atoms with Crippen molar-refractivity contribution in [3.63, 3.8) is 0 Å². The minimum atomic E-state index is -1.06. The second kappa shape index (κ2) is 12.2. The van der Waals surface area contributed by atoms with Crippen LogP contribution >= 0.6 is 0 Å². The Kier molecular flexibility index (Phi) is 7.83. The molecule has 0 radical (unpaired) electrons. The Morgan fingerprint density at radius 3 is 1.73 bits per heavy atom. The molecule has 0 unspecified atom stereocenters. The van der Waals surface area contributed by atoms with Gasteiger partial charge in [0.2, 0.25) is 28.8 Å². The summed E-state index contributed by atoms with van der Waals surface area (Å²) < 4.78 is 5.46. The van der Waals surface area contributed by atoms with E-state index in [0.717, 1.165) is 0 Å². The van der Waals surface area contributed by atoms with E-state index < -0.39 is 63.3 Å². The molecule has 260 valence electrons. The van der Waals surface area contributed by atoms with Gasteiger partial charge in [0, 0.05) is 28.7 Å². The lowest BCUT2D eigenvalue weighted by Gasteiger charge is -2.22. The molecule has 7 rings (SSSR count). The Balaban J connectivity index is 1.44. The number of phenols is 8. The van der Waals surface area contributed by atoms with Gasteiger partial charge in [0.15, 0.2) is 34.5 Å². The van der Waals surface area contributed by atoms with Crippen molar-refractivity contribution >= 4 is 40.9 Å². The van der Waals surface area contributed by atoms with Crippen LogP contribution in [0.1, 0.15) is 11.1 Å². The second-order valence-corrected chi connectivity index (χ2v) is 12.2. The fraction of sp³-hybridized carbons (Fsp3) is 0.0256. The van der Waals surface area contributed by atoms with Gasteiger partial charge < -0.3 is 60.9 Å². The fourth-order valence-electron chi connectivity index (χ4n) is 6.53. The van der Waals surface area contributed by atoms with Crippen LogP contribution in [0.4, 0.5) is 0 Å². The molecular formula is C39H29BO12. The molecule has 1 heterocycles. The van der Waals surface area contributed by atoms with E-state index >= 15 is 0 Å². The molecule has 0 spiro atoms. The molecule has 13 heteroatoms. The summed E-state index contributed by atoms with van der Waals surface area (Å²) in [5.41, 5.74) is 1.42. The first-order valence-electron chi connectivity index (χ1n) is 15.7. The lowest BCUT2D eigenvalue weighted by molar-refractivity contribution is 0.259. The smallest absolute Gasteiger partial charge is 0.208 e. The Hall–Kier alpha value is -7.28. The molecule has 11 N–H and O–H groups in total. The number of aliphatic hydroxyl groups excluding tert-OH is 3. The number of hydrogen-bond donors (Lipinski definition) is 11. The van der Waals surface area contributed by atoms with E-state index in [0.29, 0.717) is 38.2 Å². The van der Waals surface area contributed by atoms with Gasteiger partial charge in [-0.3, -0.25) is 0 Å². The zero-order valence-corrected chi connectivity index (χ0v) is 27.1. The summed E-state index contributed by atoms with van der Waals surface area (Å²) in [6, 6.07) is 19.8. The maximum Gasteiger partial charge on any atom is 0.208 e. The molecule has 0 saturated carbocycles. The van der Waals surface area contributed by atoms with Crippen molar-refractivity contribution in [2.24, 2.45) is 0 Å². The predicted molar refractivity (Wildman–Crippen MR) is 196 cm³/mol. The molecule has 0 atom stereocenters. The van der Waals surface area contributed by atoms with E-state index in [4.69, 9.17) is 4.74 Å². The van der Waals surface area contributed by atoms with Gasteiger partial charge in [0.05, 0.1) is 0 Å². The van der Waals surface area contributed by atoms with E-state index in [1.54, 1.807) is 60.7 Å². The summed E-state index contributed by atoms with van der Waals surface area (Å²) in [4.78, 5) is 0. The van der Waals surface area contributed by atoms with Crippen molar-refractivity contribution in [3.8, 4) is 74.0 Å². The number of hydrogen-bond acceptors (Lipinski definition) is 12. The standard InChI is InChI=1S/C39H29BO12/c40-29-33(46)26(16-9-11-17(41)12-10-16)28(34(47)35(29)48)27-20-7-3-1-5-18(20)23(19-6-2-4-8-21(19)27)15-24(42)31(44)32(45)25-14-13-22-30(43)36(49)37(50)38(51)39(22)52-25/h1-12,14-15,41-51H,13,40H2/b24-15-,32-31-. The van der Waals surface area contributed by atoms with E-state index in [1.807, 2.05) is 0 Å². The minimum Gasteiger partial charge on any atom is -0.508 e. The highest BCUT2D eigenvalue weighted by molar-refractivity contribution is 6.38. The maximum atomic E-state index is 11.6. The highest BCUT2D eigenvalue weighted by Gasteiger charge is 2.31. The van der Waals surface area contributed by atoms with E-state index in [-0.39, 0.29) is 40.1 Å². The van der Waals surface area contributed by atoms with Gasteiger partial charge in [-0.15, -0.1) is 0 Å². The van der Waals surface area contributed by atoms with Gasteiger partial charge in [-0.1, -0.05) is 60.7 Å². The first-order chi connectivity index (χ1) is 24.8. The van der Waals surface area contributed by atoms with Crippen LogP contribution in [0.3, 0.4) is 0 Å². The largest absolute Gasteiger partial charge is 0.508 e. The van der Waals surface area contributed by atoms with E-state index in [2.05, 4.69) is 0 Å². The monoisotopic (exact) mass is 700 g/mol. The number of allylic oxidation sites excluding steroid dienone is 1. The number of aliphatic hydroxyl groups is 3. The summed E-state index contributed by atoms with van der Waals surface area (Å²) in [5.74, 6) is -8.77. The van der Waals surface area contributed by atoms with Crippen molar-refractivity contribution in [1.82, 2.24) is 0 Å². The second-order valence-electron chi connectivity index (χ2n) is 12.2. The molecule has 1 aliphatic rings. The Labute approximate surface area is 294 Å². The third-order valence-corrected chi connectivity index (χ3v) is 9.17. The molecule has 6 aromatic rings. The van der Waals surface area contributed by atoms with Crippen molar-refractivity contribution in [3.05, 3.63) is 113 Å². The van der Waals surface area contributed by atoms with Crippen molar-refractivity contribution in [2.75, 3.05) is 0 Å². The van der Waals surface area contributed by atoms with Crippen LogP contribution in [0.2, 0.25) is 0 Å². The molecule has 0 aliphatic carbocycles. The van der Waals surface area contributed by atoms with Crippen LogP contribution in [-0.2, 0) is 6.42 Å². The topological polar surface area (TPSA) is 232 Å². The third kappa shape index (κ3) is 5.02. The lowest BCUT2D eigenvalue weighted by atomic mass is 9.80. The number of rotatable bonds is 5. The van der Waals surface area contributed by atoms with Gasteiger partial charge >= 0.3 is 0 Å².